The van der Waals surface area contributed by atoms with Gasteiger partial charge in [-0.15, -0.1) is 0 Å². The largest absolute Gasteiger partial charge is 0.492 e. The molecule has 0 radical (unpaired) electrons. The minimum absolute atomic E-state index is 0.476. The lowest BCUT2D eigenvalue weighted by Crippen LogP contribution is -2.00. The summed E-state index contributed by atoms with van der Waals surface area (Å²) >= 11 is 0. The third kappa shape index (κ3) is 2.02. The Labute approximate surface area is 83.3 Å². The normalized spacial score (nSPS) is 14.9. The number of hydrogen-bond acceptors (Lipinski definition) is 3. The van der Waals surface area contributed by atoms with Gasteiger partial charge in [0.15, 0.2) is 0 Å². The van der Waals surface area contributed by atoms with Gasteiger partial charge in [0.2, 0.25) is 0 Å². The summed E-state index contributed by atoms with van der Waals surface area (Å²) in [5.74, 6) is 1.51. The van der Waals surface area contributed by atoms with E-state index in [9.17, 15) is 0 Å². The molecule has 1 saturated carbocycles. The molecule has 1 aliphatic carbocycles. The van der Waals surface area contributed by atoms with Gasteiger partial charge in [-0.2, -0.15) is 5.26 Å². The van der Waals surface area contributed by atoms with E-state index in [1.807, 2.05) is 19.1 Å². The Bertz CT molecular complexity index is 377. The number of aromatic nitrogens is 1. The standard InChI is InChI=1S/C11H12N2O/c1-8-4-10(6-13-11(8)5-12)14-7-9-2-3-9/h4,6,9H,2-3,7H2,1H3. The number of nitriles is 1. The maximum Gasteiger partial charge on any atom is 0.143 e. The van der Waals surface area contributed by atoms with Crippen molar-refractivity contribution in [3.8, 4) is 11.8 Å². The van der Waals surface area contributed by atoms with E-state index in [1.165, 1.54) is 12.8 Å². The molecule has 0 aromatic carbocycles. The summed E-state index contributed by atoms with van der Waals surface area (Å²) in [6.45, 7) is 2.66. The highest BCUT2D eigenvalue weighted by Crippen LogP contribution is 2.29. The van der Waals surface area contributed by atoms with E-state index in [1.54, 1.807) is 6.20 Å². The van der Waals surface area contributed by atoms with Crippen LogP contribution in [-0.4, -0.2) is 11.6 Å². The van der Waals surface area contributed by atoms with Crippen LogP contribution >= 0.6 is 0 Å². The predicted molar refractivity (Wildman–Crippen MR) is 51.9 cm³/mol. The van der Waals surface area contributed by atoms with Crippen molar-refractivity contribution in [3.05, 3.63) is 23.5 Å². The van der Waals surface area contributed by atoms with Crippen molar-refractivity contribution >= 4 is 0 Å². The van der Waals surface area contributed by atoms with E-state index in [0.717, 1.165) is 23.8 Å². The Kier molecular flexibility index (Phi) is 2.36. The minimum atomic E-state index is 0.476. The lowest BCUT2D eigenvalue weighted by molar-refractivity contribution is 0.298. The molecule has 1 aromatic rings. The van der Waals surface area contributed by atoms with Crippen molar-refractivity contribution in [1.29, 1.82) is 5.26 Å². The maximum atomic E-state index is 8.68. The molecule has 0 N–H and O–H groups in total. The highest BCUT2D eigenvalue weighted by Gasteiger charge is 2.21. The summed E-state index contributed by atoms with van der Waals surface area (Å²) in [6, 6.07) is 3.90. The van der Waals surface area contributed by atoms with Crippen molar-refractivity contribution in [3.63, 3.8) is 0 Å². The number of hydrogen-bond donors (Lipinski definition) is 0. The molecular formula is C11H12N2O. The minimum Gasteiger partial charge on any atom is -0.492 e. The molecule has 14 heavy (non-hydrogen) atoms. The van der Waals surface area contributed by atoms with Crippen molar-refractivity contribution in [2.45, 2.75) is 19.8 Å². The third-order valence-electron chi connectivity index (χ3n) is 2.34. The van der Waals surface area contributed by atoms with Crippen LogP contribution in [0.5, 0.6) is 5.75 Å². The van der Waals surface area contributed by atoms with Gasteiger partial charge >= 0.3 is 0 Å². The molecule has 1 fully saturated rings. The quantitative estimate of drug-likeness (QED) is 0.729. The second-order valence-electron chi connectivity index (χ2n) is 3.70. The number of pyridine rings is 1. The summed E-state index contributed by atoms with van der Waals surface area (Å²) in [4.78, 5) is 4.01. The molecule has 1 aromatic heterocycles. The molecule has 1 aliphatic rings. The van der Waals surface area contributed by atoms with Crippen LogP contribution in [0.15, 0.2) is 12.3 Å². The van der Waals surface area contributed by atoms with Gasteiger partial charge in [0.25, 0.3) is 0 Å². The lowest BCUT2D eigenvalue weighted by atomic mass is 10.2. The molecule has 0 bridgehead atoms. The van der Waals surface area contributed by atoms with Crippen LogP contribution in [0.2, 0.25) is 0 Å². The van der Waals surface area contributed by atoms with Gasteiger partial charge in [-0.1, -0.05) is 0 Å². The van der Waals surface area contributed by atoms with Crippen molar-refractivity contribution in [2.75, 3.05) is 6.61 Å². The second kappa shape index (κ2) is 3.67. The van der Waals surface area contributed by atoms with Gasteiger partial charge in [0.05, 0.1) is 12.8 Å². The Morgan fingerprint density at radius 2 is 2.43 bits per heavy atom. The fourth-order valence-electron chi connectivity index (χ4n) is 1.24. The zero-order valence-electron chi connectivity index (χ0n) is 8.16. The molecule has 0 unspecified atom stereocenters. The molecule has 0 atom stereocenters. The maximum absolute atomic E-state index is 8.68. The Hall–Kier alpha value is -1.56. The average molecular weight is 188 g/mol. The highest BCUT2D eigenvalue weighted by molar-refractivity contribution is 5.35. The summed E-state index contributed by atoms with van der Waals surface area (Å²) in [7, 11) is 0. The lowest BCUT2D eigenvalue weighted by Gasteiger charge is -2.05. The van der Waals surface area contributed by atoms with E-state index in [0.29, 0.717) is 5.69 Å². The smallest absolute Gasteiger partial charge is 0.143 e. The first kappa shape index (κ1) is 9.01. The Morgan fingerprint density at radius 1 is 1.64 bits per heavy atom. The van der Waals surface area contributed by atoms with Crippen LogP contribution in [0.4, 0.5) is 0 Å². The predicted octanol–water partition coefficient (Wildman–Crippen LogP) is 2.05. The van der Waals surface area contributed by atoms with Gasteiger partial charge in [-0.25, -0.2) is 4.98 Å². The molecular weight excluding hydrogens is 176 g/mol. The summed E-state index contributed by atoms with van der Waals surface area (Å²) in [5, 5.41) is 8.68. The first-order valence-electron chi connectivity index (χ1n) is 4.79. The molecule has 0 spiro atoms. The van der Waals surface area contributed by atoms with Crippen LogP contribution in [0.3, 0.4) is 0 Å². The van der Waals surface area contributed by atoms with Crippen LogP contribution in [0, 0.1) is 24.2 Å². The van der Waals surface area contributed by atoms with Gasteiger partial charge in [0.1, 0.15) is 17.5 Å². The zero-order chi connectivity index (χ0) is 9.97. The first-order chi connectivity index (χ1) is 6.79. The van der Waals surface area contributed by atoms with Crippen molar-refractivity contribution in [2.24, 2.45) is 5.92 Å². The molecule has 3 heteroatoms. The molecule has 1 heterocycles. The van der Waals surface area contributed by atoms with E-state index in [4.69, 9.17) is 10.00 Å². The van der Waals surface area contributed by atoms with Gasteiger partial charge in [0, 0.05) is 0 Å². The highest BCUT2D eigenvalue weighted by atomic mass is 16.5. The fourth-order valence-corrected chi connectivity index (χ4v) is 1.24. The van der Waals surface area contributed by atoms with Crippen molar-refractivity contribution < 1.29 is 4.74 Å². The first-order valence-corrected chi connectivity index (χ1v) is 4.79. The molecule has 3 nitrogen and oxygen atoms in total. The topological polar surface area (TPSA) is 45.9 Å². The van der Waals surface area contributed by atoms with Crippen molar-refractivity contribution in [1.82, 2.24) is 4.98 Å². The van der Waals surface area contributed by atoms with Crippen LogP contribution < -0.4 is 4.74 Å². The summed E-state index contributed by atoms with van der Waals surface area (Å²) in [6.07, 6.45) is 4.18. The van der Waals surface area contributed by atoms with E-state index < -0.39 is 0 Å². The monoisotopic (exact) mass is 188 g/mol. The average Bonchev–Trinajstić information content (AvgIpc) is 2.98. The zero-order valence-corrected chi connectivity index (χ0v) is 8.16. The van der Waals surface area contributed by atoms with Gasteiger partial charge < -0.3 is 4.74 Å². The van der Waals surface area contributed by atoms with Crippen LogP contribution in [-0.2, 0) is 0 Å². The van der Waals surface area contributed by atoms with E-state index in [2.05, 4.69) is 4.98 Å². The molecule has 0 saturated heterocycles. The molecule has 0 aliphatic heterocycles. The summed E-state index contributed by atoms with van der Waals surface area (Å²) in [5.41, 5.74) is 1.35. The number of rotatable bonds is 3. The molecule has 72 valence electrons. The SMILES string of the molecule is Cc1cc(OCC2CC2)cnc1C#N. The van der Waals surface area contributed by atoms with E-state index in [-0.39, 0.29) is 0 Å². The third-order valence-corrected chi connectivity index (χ3v) is 2.34. The van der Waals surface area contributed by atoms with Gasteiger partial charge in [-0.3, -0.25) is 0 Å². The number of nitrogens with zero attached hydrogens (tertiary/aromatic N) is 2. The van der Waals surface area contributed by atoms with Crippen LogP contribution in [0.1, 0.15) is 24.1 Å². The van der Waals surface area contributed by atoms with E-state index >= 15 is 0 Å². The number of aryl methyl sites for hydroxylation is 1. The Balaban J connectivity index is 2.03. The Morgan fingerprint density at radius 3 is 3.00 bits per heavy atom. The number of ether oxygens (including phenoxy) is 1. The summed E-state index contributed by atoms with van der Waals surface area (Å²) < 4.78 is 5.54. The van der Waals surface area contributed by atoms with Crippen LogP contribution in [0.25, 0.3) is 0 Å². The fraction of sp³-hybridized carbons (Fsp3) is 0.455. The molecule has 0 amide bonds. The second-order valence-corrected chi connectivity index (χ2v) is 3.70. The van der Waals surface area contributed by atoms with Gasteiger partial charge in [-0.05, 0) is 37.3 Å². The molecule has 2 rings (SSSR count).